The number of sulfonamides is 1. The van der Waals surface area contributed by atoms with E-state index in [9.17, 15) is 18.0 Å². The molecule has 156 valence electrons. The molecule has 2 rings (SSSR count). The van der Waals surface area contributed by atoms with Gasteiger partial charge in [-0.1, -0.05) is 32.3 Å². The van der Waals surface area contributed by atoms with Crippen LogP contribution in [0, 0.1) is 0 Å². The van der Waals surface area contributed by atoms with Gasteiger partial charge in [-0.2, -0.15) is 0 Å². The van der Waals surface area contributed by atoms with Crippen molar-refractivity contribution < 1.29 is 23.1 Å². The van der Waals surface area contributed by atoms with Crippen molar-refractivity contribution in [3.63, 3.8) is 0 Å². The molecule has 2 aromatic rings. The van der Waals surface area contributed by atoms with Gasteiger partial charge in [0.05, 0.1) is 22.8 Å². The third kappa shape index (κ3) is 6.65. The van der Waals surface area contributed by atoms with E-state index in [0.29, 0.717) is 12.2 Å². The standard InChI is InChI=1S/C20H25N3O5S/c1-2-3-4-5-11-21-19(25)15-7-6-8-18(12-15)29(27,28)23-20(26)16-9-10-17(14-24)22-13-16/h6-10,12-13,24H,2-5,11,14H2,1H3,(H,21,25)(H,23,26). The molecule has 0 aliphatic rings. The molecule has 1 aromatic carbocycles. The average Bonchev–Trinajstić information content (AvgIpc) is 2.73. The molecule has 1 heterocycles. The van der Waals surface area contributed by atoms with E-state index in [4.69, 9.17) is 5.11 Å². The lowest BCUT2D eigenvalue weighted by Crippen LogP contribution is -2.31. The SMILES string of the molecule is CCCCCCNC(=O)c1cccc(S(=O)(=O)NC(=O)c2ccc(CO)nc2)c1. The summed E-state index contributed by atoms with van der Waals surface area (Å²) < 4.78 is 27.0. The largest absolute Gasteiger partial charge is 0.390 e. The molecule has 0 unspecified atom stereocenters. The Bertz CT molecular complexity index is 943. The minimum absolute atomic E-state index is 0.0340. The number of nitrogens with zero attached hydrogens (tertiary/aromatic N) is 1. The first-order valence-corrected chi connectivity index (χ1v) is 10.9. The quantitative estimate of drug-likeness (QED) is 0.506. The van der Waals surface area contributed by atoms with E-state index in [1.165, 1.54) is 42.6 Å². The minimum atomic E-state index is -4.17. The maximum absolute atomic E-state index is 12.5. The van der Waals surface area contributed by atoms with Gasteiger partial charge in [0.15, 0.2) is 0 Å². The van der Waals surface area contributed by atoms with Gasteiger partial charge < -0.3 is 10.4 Å². The number of benzene rings is 1. The molecule has 0 aliphatic carbocycles. The third-order valence-corrected chi connectivity index (χ3v) is 5.53. The first-order valence-electron chi connectivity index (χ1n) is 9.38. The zero-order chi connectivity index (χ0) is 21.3. The van der Waals surface area contributed by atoms with Crippen molar-refractivity contribution in [2.24, 2.45) is 0 Å². The Morgan fingerprint density at radius 2 is 1.83 bits per heavy atom. The minimum Gasteiger partial charge on any atom is -0.390 e. The second-order valence-corrected chi connectivity index (χ2v) is 8.16. The second kappa shape index (κ2) is 10.7. The summed E-state index contributed by atoms with van der Waals surface area (Å²) in [6.45, 7) is 2.33. The molecule has 3 N–H and O–H groups in total. The molecule has 8 nitrogen and oxygen atoms in total. The van der Waals surface area contributed by atoms with Gasteiger partial charge in [0.25, 0.3) is 21.8 Å². The lowest BCUT2D eigenvalue weighted by molar-refractivity contribution is 0.0951. The molecule has 0 bridgehead atoms. The van der Waals surface area contributed by atoms with Gasteiger partial charge in [0.1, 0.15) is 0 Å². The maximum atomic E-state index is 12.5. The second-order valence-electron chi connectivity index (χ2n) is 6.48. The van der Waals surface area contributed by atoms with Crippen LogP contribution in [0.4, 0.5) is 0 Å². The first-order chi connectivity index (χ1) is 13.9. The summed E-state index contributed by atoms with van der Waals surface area (Å²) in [4.78, 5) is 28.1. The fourth-order valence-corrected chi connectivity index (χ4v) is 3.57. The van der Waals surface area contributed by atoms with Crippen LogP contribution in [0.1, 0.15) is 59.0 Å². The third-order valence-electron chi connectivity index (χ3n) is 4.20. The molecular formula is C20H25N3O5S. The number of aliphatic hydroxyl groups excluding tert-OH is 1. The number of hydrogen-bond acceptors (Lipinski definition) is 6. The number of aliphatic hydroxyl groups is 1. The van der Waals surface area contributed by atoms with E-state index in [2.05, 4.69) is 17.2 Å². The van der Waals surface area contributed by atoms with E-state index in [0.717, 1.165) is 25.7 Å². The Balaban J connectivity index is 2.05. The van der Waals surface area contributed by atoms with Gasteiger partial charge in [0, 0.05) is 18.3 Å². The summed E-state index contributed by atoms with van der Waals surface area (Å²) in [5.41, 5.74) is 0.592. The normalized spacial score (nSPS) is 11.1. The van der Waals surface area contributed by atoms with E-state index in [1.807, 2.05) is 4.72 Å². The highest BCUT2D eigenvalue weighted by Gasteiger charge is 2.20. The monoisotopic (exact) mass is 419 g/mol. The number of carbonyl (C=O) groups is 2. The molecule has 1 aromatic heterocycles. The van der Waals surface area contributed by atoms with Crippen LogP contribution in [0.5, 0.6) is 0 Å². The first kappa shape index (κ1) is 22.5. The Hall–Kier alpha value is -2.78. The van der Waals surface area contributed by atoms with Crippen molar-refractivity contribution in [1.82, 2.24) is 15.0 Å². The number of carbonyl (C=O) groups excluding carboxylic acids is 2. The zero-order valence-corrected chi connectivity index (χ0v) is 17.0. The van der Waals surface area contributed by atoms with E-state index >= 15 is 0 Å². The van der Waals surface area contributed by atoms with Crippen LogP contribution < -0.4 is 10.0 Å². The molecule has 0 spiro atoms. The number of aromatic nitrogens is 1. The molecule has 0 saturated carbocycles. The van der Waals surface area contributed by atoms with E-state index < -0.39 is 15.9 Å². The van der Waals surface area contributed by atoms with Crippen molar-refractivity contribution >= 4 is 21.8 Å². The molecule has 29 heavy (non-hydrogen) atoms. The van der Waals surface area contributed by atoms with Crippen molar-refractivity contribution in [2.75, 3.05) is 6.54 Å². The summed E-state index contributed by atoms with van der Waals surface area (Å²) in [5, 5.41) is 11.7. The van der Waals surface area contributed by atoms with E-state index in [-0.39, 0.29) is 28.5 Å². The topological polar surface area (TPSA) is 125 Å². The van der Waals surface area contributed by atoms with Gasteiger partial charge in [-0.15, -0.1) is 0 Å². The van der Waals surface area contributed by atoms with Crippen molar-refractivity contribution in [3.05, 3.63) is 59.4 Å². The van der Waals surface area contributed by atoms with Gasteiger partial charge in [-0.3, -0.25) is 14.6 Å². The molecule has 0 radical (unpaired) electrons. The van der Waals surface area contributed by atoms with Gasteiger partial charge in [-0.05, 0) is 36.8 Å². The van der Waals surface area contributed by atoms with Crippen molar-refractivity contribution in [1.29, 1.82) is 0 Å². The van der Waals surface area contributed by atoms with Gasteiger partial charge >= 0.3 is 0 Å². The van der Waals surface area contributed by atoms with Gasteiger partial charge in [-0.25, -0.2) is 13.1 Å². The number of unbranched alkanes of at least 4 members (excludes halogenated alkanes) is 3. The van der Waals surface area contributed by atoms with Crippen molar-refractivity contribution in [2.45, 2.75) is 44.1 Å². The summed E-state index contributed by atoms with van der Waals surface area (Å²) in [6.07, 6.45) is 5.25. The number of pyridine rings is 1. The van der Waals surface area contributed by atoms with E-state index in [1.54, 1.807) is 0 Å². The lowest BCUT2D eigenvalue weighted by atomic mass is 10.2. The predicted molar refractivity (Wildman–Crippen MR) is 108 cm³/mol. The smallest absolute Gasteiger partial charge is 0.266 e. The summed E-state index contributed by atoms with van der Waals surface area (Å²) in [5.74, 6) is -1.22. The maximum Gasteiger partial charge on any atom is 0.266 e. The average molecular weight is 420 g/mol. The fraction of sp³-hybridized carbons (Fsp3) is 0.350. The summed E-state index contributed by atoms with van der Waals surface area (Å²) in [6, 6.07) is 8.28. The molecule has 0 atom stereocenters. The number of hydrogen-bond donors (Lipinski definition) is 3. The lowest BCUT2D eigenvalue weighted by Gasteiger charge is -2.09. The highest BCUT2D eigenvalue weighted by atomic mass is 32.2. The Labute approximate surface area is 170 Å². The highest BCUT2D eigenvalue weighted by molar-refractivity contribution is 7.90. The number of amides is 2. The van der Waals surface area contributed by atoms with Gasteiger partial charge in [0.2, 0.25) is 0 Å². The van der Waals surface area contributed by atoms with Crippen LogP contribution in [0.2, 0.25) is 0 Å². The fourth-order valence-electron chi connectivity index (χ4n) is 2.55. The number of nitrogens with one attached hydrogen (secondary N) is 2. The molecule has 0 saturated heterocycles. The Morgan fingerprint density at radius 3 is 2.48 bits per heavy atom. The van der Waals surface area contributed by atoms with Crippen LogP contribution in [-0.4, -0.2) is 36.9 Å². The van der Waals surface area contributed by atoms with Crippen LogP contribution in [0.25, 0.3) is 0 Å². The summed E-state index contributed by atoms with van der Waals surface area (Å²) in [7, 11) is -4.17. The molecule has 2 amide bonds. The van der Waals surface area contributed by atoms with Crippen LogP contribution in [0.3, 0.4) is 0 Å². The zero-order valence-electron chi connectivity index (χ0n) is 16.2. The Kier molecular flexibility index (Phi) is 8.29. The molecular weight excluding hydrogens is 394 g/mol. The van der Waals surface area contributed by atoms with Crippen LogP contribution >= 0.6 is 0 Å². The van der Waals surface area contributed by atoms with Crippen LogP contribution in [0.15, 0.2) is 47.5 Å². The molecule has 9 heteroatoms. The van der Waals surface area contributed by atoms with Crippen molar-refractivity contribution in [3.8, 4) is 0 Å². The number of rotatable bonds is 10. The molecule has 0 aliphatic heterocycles. The summed E-state index contributed by atoms with van der Waals surface area (Å²) >= 11 is 0. The molecule has 0 fully saturated rings. The predicted octanol–water partition coefficient (Wildman–Crippen LogP) is 2.00. The highest BCUT2D eigenvalue weighted by Crippen LogP contribution is 2.13. The Morgan fingerprint density at radius 1 is 1.03 bits per heavy atom. The van der Waals surface area contributed by atoms with Crippen LogP contribution in [-0.2, 0) is 16.6 Å².